The lowest BCUT2D eigenvalue weighted by Crippen LogP contribution is -2.08. The van der Waals surface area contributed by atoms with E-state index >= 15 is 0 Å². The maximum absolute atomic E-state index is 10.6. The summed E-state index contributed by atoms with van der Waals surface area (Å²) >= 11 is 3.00. The van der Waals surface area contributed by atoms with E-state index in [-0.39, 0.29) is 16.3 Å². The Bertz CT molecular complexity index is 395. The molecule has 0 spiro atoms. The van der Waals surface area contributed by atoms with Crippen molar-refractivity contribution in [3.63, 3.8) is 0 Å². The van der Waals surface area contributed by atoms with E-state index in [0.717, 1.165) is 0 Å². The second-order valence-electron chi connectivity index (χ2n) is 2.33. The molecule has 0 aliphatic heterocycles. The van der Waals surface area contributed by atoms with Crippen LogP contribution in [-0.4, -0.2) is 19.8 Å². The molecule has 0 aromatic heterocycles. The van der Waals surface area contributed by atoms with Crippen LogP contribution < -0.4 is 4.72 Å². The highest BCUT2D eigenvalue weighted by atomic mass is 35.5. The molecule has 0 bridgehead atoms. The Kier molecular flexibility index (Phi) is 3.45. The van der Waals surface area contributed by atoms with Crippen molar-refractivity contribution in [1.29, 1.82) is 0 Å². The maximum Gasteiger partial charge on any atom is 0.337 e. The number of carboxylic acid groups (broad SMARTS) is 1. The number of carboxylic acids is 1. The number of aromatic carboxylic acids is 1. The standard InChI is InChI=1S/C7H6ClNO4S/c8-4-1-2-5(7(10)11)6(3-4)9-14(12)13/h1-3,9H,(H,10,11)(H,12,13)/p-1. The molecule has 1 unspecified atom stereocenters. The number of hydrogen-bond acceptors (Lipinski definition) is 3. The van der Waals surface area contributed by atoms with E-state index in [2.05, 4.69) is 0 Å². The molecule has 76 valence electrons. The zero-order valence-electron chi connectivity index (χ0n) is 6.69. The lowest BCUT2D eigenvalue weighted by molar-refractivity contribution is 0.0698. The molecule has 2 N–H and O–H groups in total. The molecule has 0 fully saturated rings. The van der Waals surface area contributed by atoms with Crippen molar-refractivity contribution in [2.75, 3.05) is 4.72 Å². The minimum atomic E-state index is -2.57. The molecule has 0 amide bonds. The maximum atomic E-state index is 10.6. The van der Waals surface area contributed by atoms with Crippen molar-refractivity contribution in [2.24, 2.45) is 0 Å². The van der Waals surface area contributed by atoms with Gasteiger partial charge in [0, 0.05) is 16.3 Å². The van der Waals surface area contributed by atoms with Gasteiger partial charge in [-0.15, -0.1) is 0 Å². The predicted molar refractivity (Wildman–Crippen MR) is 51.0 cm³/mol. The molecule has 0 aliphatic rings. The van der Waals surface area contributed by atoms with Crippen LogP contribution >= 0.6 is 11.6 Å². The largest absolute Gasteiger partial charge is 0.755 e. The molecule has 0 saturated carbocycles. The fraction of sp³-hybridized carbons (Fsp3) is 0. The SMILES string of the molecule is O=C(O)c1ccc(Cl)cc1NS(=O)[O-]. The molecule has 1 aromatic rings. The topological polar surface area (TPSA) is 89.5 Å². The number of carbonyl (C=O) groups is 1. The first-order valence-corrected chi connectivity index (χ1v) is 4.85. The van der Waals surface area contributed by atoms with Crippen LogP contribution in [0.25, 0.3) is 0 Å². The quantitative estimate of drug-likeness (QED) is 0.770. The molecular formula is C7H5ClNO4S-. The highest BCUT2D eigenvalue weighted by Crippen LogP contribution is 2.21. The number of halogens is 1. The molecule has 5 nitrogen and oxygen atoms in total. The van der Waals surface area contributed by atoms with Gasteiger partial charge in [0.2, 0.25) is 0 Å². The third-order valence-electron chi connectivity index (χ3n) is 1.41. The molecule has 7 heteroatoms. The summed E-state index contributed by atoms with van der Waals surface area (Å²) in [6, 6.07) is 3.81. The summed E-state index contributed by atoms with van der Waals surface area (Å²) in [5.41, 5.74) is -0.211. The Balaban J connectivity index is 3.15. The van der Waals surface area contributed by atoms with Gasteiger partial charge >= 0.3 is 5.97 Å². The van der Waals surface area contributed by atoms with Gasteiger partial charge < -0.3 is 14.4 Å². The van der Waals surface area contributed by atoms with Crippen molar-refractivity contribution < 1.29 is 18.7 Å². The van der Waals surface area contributed by atoms with E-state index in [9.17, 15) is 13.6 Å². The fourth-order valence-corrected chi connectivity index (χ4v) is 1.40. The minimum Gasteiger partial charge on any atom is -0.755 e. The molecule has 14 heavy (non-hydrogen) atoms. The third kappa shape index (κ3) is 2.69. The average Bonchev–Trinajstić information content (AvgIpc) is 2.01. The average molecular weight is 235 g/mol. The van der Waals surface area contributed by atoms with Gasteiger partial charge in [-0.25, -0.2) is 4.79 Å². The Labute approximate surface area is 87.1 Å². The van der Waals surface area contributed by atoms with Crippen LogP contribution in [-0.2, 0) is 11.3 Å². The van der Waals surface area contributed by atoms with Crippen molar-refractivity contribution in [2.45, 2.75) is 0 Å². The molecule has 0 aliphatic carbocycles. The summed E-state index contributed by atoms with van der Waals surface area (Å²) < 4.78 is 22.6. The highest BCUT2D eigenvalue weighted by Gasteiger charge is 2.09. The van der Waals surface area contributed by atoms with Crippen LogP contribution in [0.1, 0.15) is 10.4 Å². The van der Waals surface area contributed by atoms with E-state index in [0.29, 0.717) is 0 Å². The van der Waals surface area contributed by atoms with Crippen LogP contribution in [0, 0.1) is 0 Å². The number of nitrogens with one attached hydrogen (secondary N) is 1. The van der Waals surface area contributed by atoms with Gasteiger partial charge in [-0.3, -0.25) is 4.21 Å². The normalized spacial score (nSPS) is 12.1. The van der Waals surface area contributed by atoms with Crippen molar-refractivity contribution in [1.82, 2.24) is 0 Å². The number of anilines is 1. The molecule has 1 aromatic carbocycles. The number of hydrogen-bond donors (Lipinski definition) is 2. The van der Waals surface area contributed by atoms with Gasteiger partial charge in [0.15, 0.2) is 0 Å². The second kappa shape index (κ2) is 4.41. The van der Waals surface area contributed by atoms with Crippen molar-refractivity contribution in [3.8, 4) is 0 Å². The van der Waals surface area contributed by atoms with Gasteiger partial charge in [0.05, 0.1) is 11.3 Å². The molecule has 0 heterocycles. The zero-order chi connectivity index (χ0) is 10.7. The van der Waals surface area contributed by atoms with Crippen LogP contribution in [0.15, 0.2) is 18.2 Å². The smallest absolute Gasteiger partial charge is 0.337 e. The van der Waals surface area contributed by atoms with Crippen LogP contribution in [0.2, 0.25) is 5.02 Å². The van der Waals surface area contributed by atoms with E-state index in [4.69, 9.17) is 16.7 Å². The summed E-state index contributed by atoms with van der Waals surface area (Å²) in [5, 5.41) is 8.94. The van der Waals surface area contributed by atoms with Gasteiger partial charge in [0.1, 0.15) is 0 Å². The van der Waals surface area contributed by atoms with E-state index in [1.54, 1.807) is 0 Å². The van der Waals surface area contributed by atoms with Gasteiger partial charge in [-0.05, 0) is 18.2 Å². The Morgan fingerprint density at radius 1 is 1.57 bits per heavy atom. The monoisotopic (exact) mass is 234 g/mol. The first-order chi connectivity index (χ1) is 6.50. The molecule has 0 saturated heterocycles. The summed E-state index contributed by atoms with van der Waals surface area (Å²) in [5.74, 6) is -1.23. The Morgan fingerprint density at radius 2 is 2.21 bits per heavy atom. The van der Waals surface area contributed by atoms with Crippen LogP contribution in [0.5, 0.6) is 0 Å². The van der Waals surface area contributed by atoms with E-state index in [1.807, 2.05) is 4.72 Å². The number of benzene rings is 1. The lowest BCUT2D eigenvalue weighted by atomic mass is 10.2. The summed E-state index contributed by atoms with van der Waals surface area (Å²) in [6.45, 7) is 0. The number of rotatable bonds is 3. The molecule has 1 atom stereocenters. The summed E-state index contributed by atoms with van der Waals surface area (Å²) in [6.07, 6.45) is 0. The van der Waals surface area contributed by atoms with E-state index < -0.39 is 17.2 Å². The Hall–Kier alpha value is -1.11. The van der Waals surface area contributed by atoms with E-state index in [1.165, 1.54) is 18.2 Å². The minimum absolute atomic E-state index is 0.0571. The second-order valence-corrected chi connectivity index (χ2v) is 3.44. The highest BCUT2D eigenvalue weighted by molar-refractivity contribution is 7.80. The first kappa shape index (κ1) is 11.0. The first-order valence-electron chi connectivity index (χ1n) is 3.39. The Morgan fingerprint density at radius 3 is 2.71 bits per heavy atom. The van der Waals surface area contributed by atoms with Crippen molar-refractivity contribution >= 4 is 34.5 Å². The summed E-state index contributed by atoms with van der Waals surface area (Å²) in [4.78, 5) is 10.6. The van der Waals surface area contributed by atoms with Crippen molar-refractivity contribution in [3.05, 3.63) is 28.8 Å². The molecule has 0 radical (unpaired) electrons. The van der Waals surface area contributed by atoms with Crippen LogP contribution in [0.4, 0.5) is 5.69 Å². The van der Waals surface area contributed by atoms with Gasteiger partial charge in [0.25, 0.3) is 0 Å². The fourth-order valence-electron chi connectivity index (χ4n) is 0.877. The molecular weight excluding hydrogens is 230 g/mol. The zero-order valence-corrected chi connectivity index (χ0v) is 8.26. The third-order valence-corrected chi connectivity index (χ3v) is 2.03. The summed E-state index contributed by atoms with van der Waals surface area (Å²) in [7, 11) is 0. The molecule has 1 rings (SSSR count). The lowest BCUT2D eigenvalue weighted by Gasteiger charge is -2.11. The predicted octanol–water partition coefficient (Wildman–Crippen LogP) is 1.24. The van der Waals surface area contributed by atoms with Crippen LogP contribution in [0.3, 0.4) is 0 Å². The van der Waals surface area contributed by atoms with Gasteiger partial charge in [-0.2, -0.15) is 0 Å². The van der Waals surface area contributed by atoms with Gasteiger partial charge in [-0.1, -0.05) is 11.6 Å².